The number of hydrogen-bond donors (Lipinski definition) is 0. The van der Waals surface area contributed by atoms with Crippen LogP contribution in [-0.2, 0) is 6.42 Å². The third-order valence-corrected chi connectivity index (χ3v) is 5.61. The van der Waals surface area contributed by atoms with Gasteiger partial charge in [-0.05, 0) is 29.3 Å². The highest BCUT2D eigenvalue weighted by atomic mass is 32.1. The molecule has 0 unspecified atom stereocenters. The molecule has 4 rings (SSSR count). The summed E-state index contributed by atoms with van der Waals surface area (Å²) in [5, 5.41) is 4.28. The lowest BCUT2D eigenvalue weighted by atomic mass is 10.1. The van der Waals surface area contributed by atoms with Crippen LogP contribution in [0.15, 0.2) is 52.1 Å². The van der Waals surface area contributed by atoms with Gasteiger partial charge < -0.3 is 14.2 Å². The van der Waals surface area contributed by atoms with E-state index in [1.54, 1.807) is 18.2 Å². The number of fused-ring (bicyclic) bond motifs is 1. The van der Waals surface area contributed by atoms with Gasteiger partial charge in [0.2, 0.25) is 10.7 Å². The Balaban J connectivity index is 1.82. The van der Waals surface area contributed by atoms with Crippen molar-refractivity contribution in [1.82, 2.24) is 14.6 Å². The van der Waals surface area contributed by atoms with Gasteiger partial charge in [-0.2, -0.15) is 14.6 Å². The van der Waals surface area contributed by atoms with Gasteiger partial charge in [0.05, 0.1) is 25.9 Å². The second-order valence-electron chi connectivity index (χ2n) is 6.59. The molecule has 2 heterocycles. The van der Waals surface area contributed by atoms with Crippen molar-refractivity contribution in [2.75, 3.05) is 21.3 Å². The highest BCUT2D eigenvalue weighted by Crippen LogP contribution is 2.38. The normalized spacial score (nSPS) is 11.6. The summed E-state index contributed by atoms with van der Waals surface area (Å²) in [7, 11) is 4.56. The number of ether oxygens (including phenoxy) is 3. The number of benzene rings is 2. The number of rotatable bonds is 6. The minimum atomic E-state index is -0.440. The first-order valence-electron chi connectivity index (χ1n) is 9.32. The molecule has 0 atom stereocenters. The van der Waals surface area contributed by atoms with Gasteiger partial charge in [-0.15, -0.1) is 0 Å². The van der Waals surface area contributed by atoms with E-state index < -0.39 is 5.56 Å². The summed E-state index contributed by atoms with van der Waals surface area (Å²) >= 11 is 1.09. The van der Waals surface area contributed by atoms with Crippen molar-refractivity contribution >= 4 is 22.4 Å². The van der Waals surface area contributed by atoms with Crippen LogP contribution < -0.4 is 29.9 Å². The Kier molecular flexibility index (Phi) is 5.68. The molecule has 0 bridgehead atoms. The molecular formula is C22H19N3O5S. The van der Waals surface area contributed by atoms with Gasteiger partial charge in [0.25, 0.3) is 11.1 Å². The van der Waals surface area contributed by atoms with E-state index in [0.29, 0.717) is 33.8 Å². The molecule has 8 nitrogen and oxygen atoms in total. The molecule has 0 saturated carbocycles. The van der Waals surface area contributed by atoms with E-state index in [9.17, 15) is 9.59 Å². The van der Waals surface area contributed by atoms with Crippen molar-refractivity contribution in [3.8, 4) is 17.2 Å². The Morgan fingerprint density at radius 2 is 1.68 bits per heavy atom. The monoisotopic (exact) mass is 437 g/mol. The fourth-order valence-corrected chi connectivity index (χ4v) is 4.08. The van der Waals surface area contributed by atoms with Gasteiger partial charge in [0, 0.05) is 6.42 Å². The van der Waals surface area contributed by atoms with Crippen molar-refractivity contribution in [3.63, 3.8) is 0 Å². The van der Waals surface area contributed by atoms with Crippen molar-refractivity contribution in [2.45, 2.75) is 6.42 Å². The first-order valence-corrected chi connectivity index (χ1v) is 10.1. The summed E-state index contributed by atoms with van der Waals surface area (Å²) in [4.78, 5) is 29.7. The molecule has 0 N–H and O–H groups in total. The van der Waals surface area contributed by atoms with E-state index in [1.165, 1.54) is 25.8 Å². The smallest absolute Gasteiger partial charge is 0.296 e. The van der Waals surface area contributed by atoms with Crippen molar-refractivity contribution in [3.05, 3.63) is 84.5 Å². The summed E-state index contributed by atoms with van der Waals surface area (Å²) in [5.74, 6) is 1.40. The number of hydrogen-bond acceptors (Lipinski definition) is 8. The topological polar surface area (TPSA) is 92.0 Å². The highest BCUT2D eigenvalue weighted by Gasteiger charge is 2.14. The number of thiazole rings is 1. The molecule has 2 aromatic carbocycles. The van der Waals surface area contributed by atoms with E-state index in [-0.39, 0.29) is 16.2 Å². The summed E-state index contributed by atoms with van der Waals surface area (Å²) in [6, 6.07) is 12.9. The molecule has 158 valence electrons. The largest absolute Gasteiger partial charge is 0.493 e. The minimum Gasteiger partial charge on any atom is -0.493 e. The highest BCUT2D eigenvalue weighted by molar-refractivity contribution is 7.15. The van der Waals surface area contributed by atoms with E-state index in [4.69, 9.17) is 14.2 Å². The Morgan fingerprint density at radius 1 is 1.00 bits per heavy atom. The van der Waals surface area contributed by atoms with Crippen LogP contribution in [0, 0.1) is 0 Å². The van der Waals surface area contributed by atoms with Crippen LogP contribution >= 0.6 is 11.3 Å². The average Bonchev–Trinajstić information content (AvgIpc) is 3.08. The maximum absolute atomic E-state index is 12.9. The first-order chi connectivity index (χ1) is 15.0. The first kappa shape index (κ1) is 20.5. The van der Waals surface area contributed by atoms with Crippen LogP contribution in [0.5, 0.6) is 17.2 Å². The summed E-state index contributed by atoms with van der Waals surface area (Å²) < 4.78 is 17.6. The Labute approximate surface area is 181 Å². The lowest BCUT2D eigenvalue weighted by Gasteiger charge is -2.12. The standard InChI is InChI=1S/C22H19N3O5S/c1-28-16-10-14(11-17(29-2)19(16)30-3)12-18-21(27)25-22(31-18)23-20(26)15(24-25)9-13-7-5-4-6-8-13/h4-8,10-12H,9H2,1-3H3/b18-12-. The average molecular weight is 437 g/mol. The molecule has 2 aromatic heterocycles. The van der Waals surface area contributed by atoms with Crippen LogP contribution in [0.25, 0.3) is 11.0 Å². The lowest BCUT2D eigenvalue weighted by molar-refractivity contribution is 0.324. The Bertz CT molecular complexity index is 1390. The van der Waals surface area contributed by atoms with Gasteiger partial charge in [0.1, 0.15) is 5.69 Å². The SMILES string of the molecule is COc1cc(/C=c2\sc3nc(=O)c(Cc4ccccc4)nn3c2=O)cc(OC)c1OC. The van der Waals surface area contributed by atoms with Gasteiger partial charge in [-0.3, -0.25) is 9.59 Å². The van der Waals surface area contributed by atoms with Gasteiger partial charge in [0.15, 0.2) is 11.5 Å². The van der Waals surface area contributed by atoms with Crippen molar-refractivity contribution in [1.29, 1.82) is 0 Å². The summed E-state index contributed by atoms with van der Waals surface area (Å²) in [5.41, 5.74) is 1.02. The number of aromatic nitrogens is 3. The summed E-state index contributed by atoms with van der Waals surface area (Å²) in [6.45, 7) is 0. The molecule has 0 aliphatic heterocycles. The molecule has 4 aromatic rings. The zero-order valence-electron chi connectivity index (χ0n) is 17.1. The fourth-order valence-electron chi connectivity index (χ4n) is 3.18. The molecule has 0 radical (unpaired) electrons. The van der Waals surface area contributed by atoms with Crippen LogP contribution in [0.2, 0.25) is 0 Å². The van der Waals surface area contributed by atoms with E-state index in [2.05, 4.69) is 10.1 Å². The molecule has 0 aliphatic rings. The minimum absolute atomic E-state index is 0.220. The van der Waals surface area contributed by atoms with Crippen LogP contribution in [-0.4, -0.2) is 35.9 Å². The molecule has 9 heteroatoms. The number of nitrogens with zero attached hydrogens (tertiary/aromatic N) is 3. The maximum Gasteiger partial charge on any atom is 0.296 e. The van der Waals surface area contributed by atoms with Gasteiger partial charge >= 0.3 is 0 Å². The molecule has 0 spiro atoms. The second kappa shape index (κ2) is 8.57. The van der Waals surface area contributed by atoms with Crippen LogP contribution in [0.4, 0.5) is 0 Å². The molecule has 0 aliphatic carbocycles. The van der Waals surface area contributed by atoms with Gasteiger partial charge in [-0.1, -0.05) is 41.7 Å². The zero-order valence-corrected chi connectivity index (χ0v) is 17.9. The molecule has 31 heavy (non-hydrogen) atoms. The van der Waals surface area contributed by atoms with Crippen molar-refractivity contribution < 1.29 is 14.2 Å². The molecular weight excluding hydrogens is 418 g/mol. The number of methoxy groups -OCH3 is 3. The van der Waals surface area contributed by atoms with E-state index >= 15 is 0 Å². The zero-order chi connectivity index (χ0) is 22.0. The predicted octanol–water partition coefficient (Wildman–Crippen LogP) is 1.68. The van der Waals surface area contributed by atoms with Crippen LogP contribution in [0.3, 0.4) is 0 Å². The van der Waals surface area contributed by atoms with Gasteiger partial charge in [-0.25, -0.2) is 0 Å². The Hall–Kier alpha value is -3.72. The second-order valence-corrected chi connectivity index (χ2v) is 7.60. The lowest BCUT2D eigenvalue weighted by Crippen LogP contribution is -2.28. The van der Waals surface area contributed by atoms with Crippen molar-refractivity contribution in [2.24, 2.45) is 0 Å². The van der Waals surface area contributed by atoms with E-state index in [0.717, 1.165) is 16.9 Å². The Morgan fingerprint density at radius 3 is 2.29 bits per heavy atom. The third-order valence-electron chi connectivity index (χ3n) is 4.65. The van der Waals surface area contributed by atoms with E-state index in [1.807, 2.05) is 30.3 Å². The third kappa shape index (κ3) is 3.99. The molecule has 0 saturated heterocycles. The quantitative estimate of drug-likeness (QED) is 0.453. The summed E-state index contributed by atoms with van der Waals surface area (Å²) in [6.07, 6.45) is 1.98. The van der Waals surface area contributed by atoms with Crippen LogP contribution in [0.1, 0.15) is 16.8 Å². The fraction of sp³-hybridized carbons (Fsp3) is 0.182. The maximum atomic E-state index is 12.9. The molecule has 0 amide bonds. The predicted molar refractivity (Wildman–Crippen MR) is 118 cm³/mol. The molecule has 0 fully saturated rings.